The molecule has 1 aliphatic heterocycles. The molecule has 0 aliphatic carbocycles. The minimum Gasteiger partial charge on any atom is -0.495 e. The van der Waals surface area contributed by atoms with Crippen molar-refractivity contribution in [3.05, 3.63) is 24.2 Å². The molecule has 2 aromatic rings. The fourth-order valence-electron chi connectivity index (χ4n) is 2.94. The Bertz CT molecular complexity index is 572. The van der Waals surface area contributed by atoms with Crippen LogP contribution in [0.3, 0.4) is 0 Å². The van der Waals surface area contributed by atoms with Crippen molar-refractivity contribution in [3.63, 3.8) is 0 Å². The lowest BCUT2D eigenvalue weighted by molar-refractivity contribution is 0.190. The Hall–Kier alpha value is -1.62. The van der Waals surface area contributed by atoms with E-state index in [1.807, 2.05) is 18.3 Å². The Kier molecular flexibility index (Phi) is 3.87. The molecule has 108 valence electrons. The highest BCUT2D eigenvalue weighted by Crippen LogP contribution is 2.22. The first-order valence-corrected chi connectivity index (χ1v) is 7.40. The zero-order valence-corrected chi connectivity index (χ0v) is 12.2. The number of ether oxygens (including phenoxy) is 1. The van der Waals surface area contributed by atoms with Crippen LogP contribution in [-0.4, -0.2) is 46.2 Å². The van der Waals surface area contributed by atoms with Crippen molar-refractivity contribution in [2.24, 2.45) is 5.92 Å². The van der Waals surface area contributed by atoms with Gasteiger partial charge in [0.1, 0.15) is 11.6 Å². The minimum absolute atomic E-state index is 0.719. The van der Waals surface area contributed by atoms with E-state index >= 15 is 0 Å². The lowest BCUT2D eigenvalue weighted by Crippen LogP contribution is -2.34. The Morgan fingerprint density at radius 1 is 1.25 bits per heavy atom. The third-order valence-electron chi connectivity index (χ3n) is 4.31. The molecule has 5 heteroatoms. The number of hydrogen-bond acceptors (Lipinski definition) is 4. The van der Waals surface area contributed by atoms with Crippen molar-refractivity contribution in [1.29, 1.82) is 0 Å². The van der Waals surface area contributed by atoms with Crippen LogP contribution in [0.4, 0.5) is 0 Å². The molecule has 1 aliphatic rings. The third kappa shape index (κ3) is 2.63. The first-order chi connectivity index (χ1) is 9.80. The summed E-state index contributed by atoms with van der Waals surface area (Å²) in [6.07, 6.45) is 5.50. The van der Waals surface area contributed by atoms with E-state index in [0.29, 0.717) is 0 Å². The van der Waals surface area contributed by atoms with Crippen molar-refractivity contribution in [2.75, 3.05) is 26.7 Å². The van der Waals surface area contributed by atoms with Crippen LogP contribution in [0.25, 0.3) is 5.65 Å². The summed E-state index contributed by atoms with van der Waals surface area (Å²) in [6, 6.07) is 3.88. The van der Waals surface area contributed by atoms with Crippen LogP contribution in [0, 0.1) is 5.92 Å². The predicted molar refractivity (Wildman–Crippen MR) is 78.1 cm³/mol. The average molecular weight is 274 g/mol. The van der Waals surface area contributed by atoms with Crippen molar-refractivity contribution >= 4 is 5.65 Å². The molecule has 1 fully saturated rings. The van der Waals surface area contributed by atoms with Gasteiger partial charge in [0, 0.05) is 6.42 Å². The highest BCUT2D eigenvalue weighted by Gasteiger charge is 2.20. The van der Waals surface area contributed by atoms with Crippen molar-refractivity contribution < 1.29 is 4.74 Å². The van der Waals surface area contributed by atoms with Gasteiger partial charge in [-0.05, 0) is 50.5 Å². The first-order valence-electron chi connectivity index (χ1n) is 7.40. The number of methoxy groups -OCH3 is 1. The maximum absolute atomic E-state index is 5.28. The summed E-state index contributed by atoms with van der Waals surface area (Å²) < 4.78 is 7.34. The van der Waals surface area contributed by atoms with E-state index in [4.69, 9.17) is 4.74 Å². The molecule has 1 saturated heterocycles. The minimum atomic E-state index is 0.719. The maximum atomic E-state index is 5.28. The van der Waals surface area contributed by atoms with Gasteiger partial charge in [-0.1, -0.05) is 6.92 Å². The molecule has 0 radical (unpaired) electrons. The second kappa shape index (κ2) is 5.79. The van der Waals surface area contributed by atoms with E-state index < -0.39 is 0 Å². The number of hydrogen-bond donors (Lipinski definition) is 0. The van der Waals surface area contributed by atoms with Gasteiger partial charge in [0.15, 0.2) is 5.65 Å². The number of likely N-dealkylation sites (tertiary alicyclic amines) is 1. The summed E-state index contributed by atoms with van der Waals surface area (Å²) in [4.78, 5) is 2.52. The molecule has 3 rings (SSSR count). The summed E-state index contributed by atoms with van der Waals surface area (Å²) in [7, 11) is 1.69. The number of aromatic nitrogens is 3. The summed E-state index contributed by atoms with van der Waals surface area (Å²) in [6.45, 7) is 5.82. The van der Waals surface area contributed by atoms with Gasteiger partial charge in [0.05, 0.1) is 13.3 Å². The van der Waals surface area contributed by atoms with Crippen LogP contribution in [0.1, 0.15) is 25.6 Å². The first kappa shape index (κ1) is 13.4. The molecule has 0 aromatic carbocycles. The van der Waals surface area contributed by atoms with Gasteiger partial charge in [-0.2, -0.15) is 0 Å². The standard InChI is InChI=1S/C15H22N4O/c1-3-18-8-6-12(7-9-18)10-15-17-16-14-5-4-13(20-2)11-19(14)15/h4-5,11-12H,3,6-10H2,1-2H3. The van der Waals surface area contributed by atoms with Crippen LogP contribution in [0.5, 0.6) is 5.75 Å². The Morgan fingerprint density at radius 3 is 2.75 bits per heavy atom. The van der Waals surface area contributed by atoms with Gasteiger partial charge < -0.3 is 9.64 Å². The monoisotopic (exact) mass is 274 g/mol. The number of piperidine rings is 1. The largest absolute Gasteiger partial charge is 0.495 e. The summed E-state index contributed by atoms with van der Waals surface area (Å²) in [5.74, 6) is 2.62. The normalized spacial score (nSPS) is 17.7. The predicted octanol–water partition coefficient (Wildman–Crippen LogP) is 2.01. The lowest BCUT2D eigenvalue weighted by atomic mass is 9.93. The number of fused-ring (bicyclic) bond motifs is 1. The molecule has 0 N–H and O–H groups in total. The molecular weight excluding hydrogens is 252 g/mol. The highest BCUT2D eigenvalue weighted by molar-refractivity contribution is 5.41. The topological polar surface area (TPSA) is 42.7 Å². The van der Waals surface area contributed by atoms with Crippen molar-refractivity contribution in [1.82, 2.24) is 19.5 Å². The second-order valence-corrected chi connectivity index (χ2v) is 5.50. The number of pyridine rings is 1. The van der Waals surface area contributed by atoms with Crippen LogP contribution in [0.15, 0.2) is 18.3 Å². The summed E-state index contributed by atoms with van der Waals surface area (Å²) in [5.41, 5.74) is 0.895. The van der Waals surface area contributed by atoms with Crippen LogP contribution in [0.2, 0.25) is 0 Å². The van der Waals surface area contributed by atoms with Gasteiger partial charge in [-0.3, -0.25) is 4.40 Å². The van der Waals surface area contributed by atoms with E-state index in [1.54, 1.807) is 7.11 Å². The smallest absolute Gasteiger partial charge is 0.161 e. The van der Waals surface area contributed by atoms with Gasteiger partial charge in [0.2, 0.25) is 0 Å². The molecule has 3 heterocycles. The maximum Gasteiger partial charge on any atom is 0.161 e. The fraction of sp³-hybridized carbons (Fsp3) is 0.600. The van der Waals surface area contributed by atoms with E-state index in [9.17, 15) is 0 Å². The summed E-state index contributed by atoms with van der Waals surface area (Å²) in [5, 5.41) is 8.59. The Balaban J connectivity index is 1.74. The molecule has 0 atom stereocenters. The molecule has 0 spiro atoms. The quantitative estimate of drug-likeness (QED) is 0.855. The Morgan fingerprint density at radius 2 is 2.05 bits per heavy atom. The molecule has 0 bridgehead atoms. The van der Waals surface area contributed by atoms with E-state index in [0.717, 1.165) is 36.1 Å². The van der Waals surface area contributed by atoms with E-state index in [1.165, 1.54) is 25.9 Å². The number of nitrogens with zero attached hydrogens (tertiary/aromatic N) is 4. The van der Waals surface area contributed by atoms with Gasteiger partial charge in [0.25, 0.3) is 0 Å². The van der Waals surface area contributed by atoms with E-state index in [2.05, 4.69) is 26.4 Å². The molecule has 5 nitrogen and oxygen atoms in total. The van der Waals surface area contributed by atoms with Gasteiger partial charge in [-0.25, -0.2) is 0 Å². The number of rotatable bonds is 4. The van der Waals surface area contributed by atoms with Crippen LogP contribution in [-0.2, 0) is 6.42 Å². The molecule has 0 unspecified atom stereocenters. The van der Waals surface area contributed by atoms with Crippen LogP contribution >= 0.6 is 0 Å². The third-order valence-corrected chi connectivity index (χ3v) is 4.31. The van der Waals surface area contributed by atoms with Crippen molar-refractivity contribution in [3.8, 4) is 5.75 Å². The molecule has 0 saturated carbocycles. The van der Waals surface area contributed by atoms with Crippen LogP contribution < -0.4 is 4.74 Å². The fourth-order valence-corrected chi connectivity index (χ4v) is 2.94. The lowest BCUT2D eigenvalue weighted by Gasteiger charge is -2.30. The summed E-state index contributed by atoms with van der Waals surface area (Å²) >= 11 is 0. The molecule has 2 aromatic heterocycles. The Labute approximate surface area is 119 Å². The SMILES string of the molecule is CCN1CCC(Cc2nnc3ccc(OC)cn23)CC1. The second-order valence-electron chi connectivity index (χ2n) is 5.50. The zero-order valence-electron chi connectivity index (χ0n) is 12.2. The average Bonchev–Trinajstić information content (AvgIpc) is 2.90. The van der Waals surface area contributed by atoms with E-state index in [-0.39, 0.29) is 0 Å². The molecule has 0 amide bonds. The van der Waals surface area contributed by atoms with Gasteiger partial charge in [-0.15, -0.1) is 10.2 Å². The van der Waals surface area contributed by atoms with Gasteiger partial charge >= 0.3 is 0 Å². The molecular formula is C15H22N4O. The highest BCUT2D eigenvalue weighted by atomic mass is 16.5. The zero-order chi connectivity index (χ0) is 13.9. The molecule has 20 heavy (non-hydrogen) atoms. The van der Waals surface area contributed by atoms with Crippen molar-refractivity contribution in [2.45, 2.75) is 26.2 Å².